The number of piperidine rings is 1. The van der Waals surface area contributed by atoms with E-state index in [1.807, 2.05) is 44.1 Å². The van der Waals surface area contributed by atoms with Crippen LogP contribution in [0.25, 0.3) is 0 Å². The van der Waals surface area contributed by atoms with Gasteiger partial charge in [-0.3, -0.25) is 4.98 Å². The zero-order chi connectivity index (χ0) is 17.9. The smallest absolute Gasteiger partial charge is 0.319 e. The zero-order valence-electron chi connectivity index (χ0n) is 15.5. The predicted molar refractivity (Wildman–Crippen MR) is 95.3 cm³/mol. The Bertz CT molecular complexity index is 597. The highest BCUT2D eigenvalue weighted by atomic mass is 16.5. The van der Waals surface area contributed by atoms with Crippen LogP contribution in [-0.2, 0) is 16.1 Å². The topological polar surface area (TPSA) is 54.9 Å². The molecule has 1 aromatic rings. The normalized spacial score (nSPS) is 22.4. The Morgan fingerprint density at radius 3 is 2.84 bits per heavy atom. The van der Waals surface area contributed by atoms with E-state index in [0.717, 1.165) is 50.3 Å². The van der Waals surface area contributed by atoms with Crippen LogP contribution in [0.3, 0.4) is 0 Å². The molecule has 6 nitrogen and oxygen atoms in total. The van der Waals surface area contributed by atoms with Crippen LogP contribution in [0.2, 0.25) is 0 Å². The molecule has 0 N–H and O–H groups in total. The van der Waals surface area contributed by atoms with Gasteiger partial charge in [0.25, 0.3) is 0 Å². The van der Waals surface area contributed by atoms with E-state index in [2.05, 4.69) is 4.98 Å². The van der Waals surface area contributed by atoms with E-state index in [1.54, 1.807) is 4.90 Å². The first-order valence-electron chi connectivity index (χ1n) is 9.06. The summed E-state index contributed by atoms with van der Waals surface area (Å²) in [6.45, 7) is 5.55. The second-order valence-corrected chi connectivity index (χ2v) is 7.59. The van der Waals surface area contributed by atoms with Gasteiger partial charge in [0, 0.05) is 32.9 Å². The minimum absolute atomic E-state index is 0.110. The van der Waals surface area contributed by atoms with Crippen molar-refractivity contribution in [3.63, 3.8) is 0 Å². The SMILES string of the molecule is Cc1cccc(COCC2CC3(CCN(C(=O)N(C)C)CC3)CO2)n1. The molecular weight excluding hydrogens is 318 g/mol. The standard InChI is InChI=1S/C19H29N3O3/c1-15-5-4-6-16(20-15)12-24-13-17-11-19(14-25-17)7-9-22(10-8-19)18(23)21(2)3/h4-6,17H,7-14H2,1-3H3. The summed E-state index contributed by atoms with van der Waals surface area (Å²) in [4.78, 5) is 20.1. The number of hydrogen-bond donors (Lipinski definition) is 0. The molecule has 0 radical (unpaired) electrons. The van der Waals surface area contributed by atoms with Gasteiger partial charge in [0.15, 0.2) is 0 Å². The number of pyridine rings is 1. The number of carbonyl (C=O) groups excluding carboxylic acids is 1. The van der Waals surface area contributed by atoms with Gasteiger partial charge in [0.05, 0.1) is 31.6 Å². The highest BCUT2D eigenvalue weighted by Crippen LogP contribution is 2.42. The second-order valence-electron chi connectivity index (χ2n) is 7.59. The maximum atomic E-state index is 12.1. The fourth-order valence-corrected chi connectivity index (χ4v) is 3.78. The Balaban J connectivity index is 1.42. The van der Waals surface area contributed by atoms with Gasteiger partial charge in [-0.05, 0) is 43.7 Å². The molecule has 2 saturated heterocycles. The maximum Gasteiger partial charge on any atom is 0.319 e. The largest absolute Gasteiger partial charge is 0.375 e. The first-order chi connectivity index (χ1) is 12.0. The molecule has 3 heterocycles. The van der Waals surface area contributed by atoms with E-state index in [1.165, 1.54) is 0 Å². The Morgan fingerprint density at radius 2 is 2.16 bits per heavy atom. The van der Waals surface area contributed by atoms with Gasteiger partial charge in [-0.15, -0.1) is 0 Å². The molecule has 1 aromatic heterocycles. The van der Waals surface area contributed by atoms with Crippen molar-refractivity contribution in [2.24, 2.45) is 5.41 Å². The van der Waals surface area contributed by atoms with Gasteiger partial charge in [0.2, 0.25) is 0 Å². The maximum absolute atomic E-state index is 12.1. The van der Waals surface area contributed by atoms with E-state index in [9.17, 15) is 4.79 Å². The number of ether oxygens (including phenoxy) is 2. The van der Waals surface area contributed by atoms with E-state index in [-0.39, 0.29) is 17.6 Å². The van der Waals surface area contributed by atoms with Gasteiger partial charge in [-0.25, -0.2) is 4.79 Å². The minimum Gasteiger partial charge on any atom is -0.375 e. The van der Waals surface area contributed by atoms with Crippen molar-refractivity contribution in [1.82, 2.24) is 14.8 Å². The molecule has 2 amide bonds. The summed E-state index contributed by atoms with van der Waals surface area (Å²) in [5.41, 5.74) is 2.19. The number of aromatic nitrogens is 1. The molecule has 2 aliphatic rings. The Hall–Kier alpha value is -1.66. The number of nitrogens with zero attached hydrogens (tertiary/aromatic N) is 3. The van der Waals surface area contributed by atoms with E-state index < -0.39 is 0 Å². The number of carbonyl (C=O) groups is 1. The van der Waals surface area contributed by atoms with Crippen molar-refractivity contribution in [1.29, 1.82) is 0 Å². The third-order valence-electron chi connectivity index (χ3n) is 5.26. The Kier molecular flexibility index (Phi) is 5.59. The van der Waals surface area contributed by atoms with Crippen molar-refractivity contribution in [3.8, 4) is 0 Å². The highest BCUT2D eigenvalue weighted by Gasteiger charge is 2.43. The first-order valence-corrected chi connectivity index (χ1v) is 9.06. The van der Waals surface area contributed by atoms with Gasteiger partial charge in [-0.1, -0.05) is 6.07 Å². The number of aryl methyl sites for hydroxylation is 1. The molecule has 0 saturated carbocycles. The Morgan fingerprint density at radius 1 is 1.40 bits per heavy atom. The molecule has 1 unspecified atom stereocenters. The van der Waals surface area contributed by atoms with Crippen molar-refractivity contribution in [3.05, 3.63) is 29.6 Å². The van der Waals surface area contributed by atoms with Crippen molar-refractivity contribution < 1.29 is 14.3 Å². The van der Waals surface area contributed by atoms with E-state index in [0.29, 0.717) is 13.2 Å². The summed E-state index contributed by atoms with van der Waals surface area (Å²) in [6, 6.07) is 6.09. The average Bonchev–Trinajstić information content (AvgIpc) is 2.98. The van der Waals surface area contributed by atoms with E-state index >= 15 is 0 Å². The van der Waals surface area contributed by atoms with Gasteiger partial charge >= 0.3 is 6.03 Å². The lowest BCUT2D eigenvalue weighted by atomic mass is 9.77. The summed E-state index contributed by atoms with van der Waals surface area (Å²) in [7, 11) is 3.61. The fraction of sp³-hybridized carbons (Fsp3) is 0.684. The lowest BCUT2D eigenvalue weighted by molar-refractivity contribution is 0.00602. The molecule has 0 aliphatic carbocycles. The third kappa shape index (κ3) is 4.50. The summed E-state index contributed by atoms with van der Waals surface area (Å²) in [5.74, 6) is 0. The van der Waals surface area contributed by atoms with Crippen LogP contribution in [0.1, 0.15) is 30.7 Å². The van der Waals surface area contributed by atoms with Gasteiger partial charge < -0.3 is 19.3 Å². The van der Waals surface area contributed by atoms with Crippen LogP contribution < -0.4 is 0 Å². The number of likely N-dealkylation sites (tertiary alicyclic amines) is 1. The van der Waals surface area contributed by atoms with Crippen LogP contribution >= 0.6 is 0 Å². The molecule has 2 fully saturated rings. The lowest BCUT2D eigenvalue weighted by Gasteiger charge is -2.39. The summed E-state index contributed by atoms with van der Waals surface area (Å²) in [6.07, 6.45) is 3.21. The van der Waals surface area contributed by atoms with Crippen LogP contribution in [0, 0.1) is 12.3 Å². The van der Waals surface area contributed by atoms with Crippen LogP contribution in [0.5, 0.6) is 0 Å². The molecule has 2 aliphatic heterocycles. The molecule has 25 heavy (non-hydrogen) atoms. The van der Waals surface area contributed by atoms with Gasteiger partial charge in [0.1, 0.15) is 0 Å². The molecule has 0 bridgehead atoms. The molecule has 3 rings (SSSR count). The molecule has 1 spiro atoms. The van der Waals surface area contributed by atoms with Crippen molar-refractivity contribution in [2.45, 2.75) is 38.9 Å². The highest BCUT2D eigenvalue weighted by molar-refractivity contribution is 5.73. The van der Waals surface area contributed by atoms with Crippen LogP contribution in [0.4, 0.5) is 4.79 Å². The monoisotopic (exact) mass is 347 g/mol. The first kappa shape index (κ1) is 18.1. The molecule has 138 valence electrons. The fourth-order valence-electron chi connectivity index (χ4n) is 3.78. The average molecular weight is 347 g/mol. The number of rotatable bonds is 4. The molecule has 6 heteroatoms. The minimum atomic E-state index is 0.110. The number of amides is 2. The molecule has 0 aromatic carbocycles. The van der Waals surface area contributed by atoms with Crippen molar-refractivity contribution in [2.75, 3.05) is 40.4 Å². The van der Waals surface area contributed by atoms with Gasteiger partial charge in [-0.2, -0.15) is 0 Å². The van der Waals surface area contributed by atoms with Crippen LogP contribution in [0.15, 0.2) is 18.2 Å². The molecular formula is C19H29N3O3. The van der Waals surface area contributed by atoms with E-state index in [4.69, 9.17) is 9.47 Å². The third-order valence-corrected chi connectivity index (χ3v) is 5.26. The number of hydrogen-bond acceptors (Lipinski definition) is 4. The summed E-state index contributed by atoms with van der Waals surface area (Å²) >= 11 is 0. The predicted octanol–water partition coefficient (Wildman–Crippen LogP) is 2.46. The molecule has 1 atom stereocenters. The van der Waals surface area contributed by atoms with Crippen LogP contribution in [-0.4, -0.2) is 67.3 Å². The summed E-state index contributed by atoms with van der Waals surface area (Å²) < 4.78 is 11.8. The Labute approximate surface area is 150 Å². The summed E-state index contributed by atoms with van der Waals surface area (Å²) in [5, 5.41) is 0. The zero-order valence-corrected chi connectivity index (χ0v) is 15.5. The quantitative estimate of drug-likeness (QED) is 0.840. The number of urea groups is 1. The van der Waals surface area contributed by atoms with Crippen molar-refractivity contribution >= 4 is 6.03 Å². The second kappa shape index (κ2) is 7.70. The lowest BCUT2D eigenvalue weighted by Crippen LogP contribution is -2.47.